The van der Waals surface area contributed by atoms with Crippen molar-refractivity contribution in [1.82, 2.24) is 19.0 Å². The lowest BCUT2D eigenvalue weighted by Crippen LogP contribution is -2.53. The van der Waals surface area contributed by atoms with Gasteiger partial charge in [0.2, 0.25) is 10.0 Å². The summed E-state index contributed by atoms with van der Waals surface area (Å²) < 4.78 is 70.8. The summed E-state index contributed by atoms with van der Waals surface area (Å²) in [5.74, 6) is -1.50. The summed E-state index contributed by atoms with van der Waals surface area (Å²) in [6.45, 7) is 1.02. The Morgan fingerprint density at radius 3 is 2.20 bits per heavy atom. The van der Waals surface area contributed by atoms with Crippen molar-refractivity contribution in [1.29, 1.82) is 0 Å². The quantitative estimate of drug-likeness (QED) is 0.489. The summed E-state index contributed by atoms with van der Waals surface area (Å²) in [5, 5.41) is 0.604. The molecule has 0 spiro atoms. The highest BCUT2D eigenvalue weighted by molar-refractivity contribution is 7.88. The van der Waals surface area contributed by atoms with Crippen molar-refractivity contribution >= 4 is 45.2 Å². The third kappa shape index (κ3) is 6.68. The first kappa shape index (κ1) is 31.2. The van der Waals surface area contributed by atoms with E-state index in [4.69, 9.17) is 27.9 Å². The minimum Gasteiger partial charge on any atom is -0.496 e. The van der Waals surface area contributed by atoms with E-state index in [0.29, 0.717) is 10.6 Å². The van der Waals surface area contributed by atoms with Crippen LogP contribution in [0.15, 0.2) is 36.4 Å². The zero-order valence-electron chi connectivity index (χ0n) is 22.5. The number of rotatable bonds is 5. The molecular formula is C26H29Cl2F3N4O5S. The molecule has 224 valence electrons. The number of nitrogens with zero attached hydrogens (tertiary/aromatic N) is 4. The summed E-state index contributed by atoms with van der Waals surface area (Å²) in [4.78, 5) is 31.4. The molecular weight excluding hydrogens is 608 g/mol. The van der Waals surface area contributed by atoms with Gasteiger partial charge in [0.25, 0.3) is 5.91 Å². The predicted molar refractivity (Wildman–Crippen MR) is 148 cm³/mol. The molecule has 2 aromatic rings. The van der Waals surface area contributed by atoms with Gasteiger partial charge in [0, 0.05) is 57.8 Å². The maximum atomic E-state index is 13.6. The molecule has 0 aromatic heterocycles. The number of hydrogen-bond donors (Lipinski definition) is 0. The third-order valence-electron chi connectivity index (χ3n) is 7.48. The van der Waals surface area contributed by atoms with E-state index in [1.54, 1.807) is 28.0 Å². The molecule has 2 aromatic carbocycles. The molecule has 2 saturated heterocycles. The van der Waals surface area contributed by atoms with Crippen molar-refractivity contribution in [2.45, 2.75) is 18.1 Å². The number of methoxy groups -OCH3 is 1. The van der Waals surface area contributed by atoms with Gasteiger partial charge in [-0.1, -0.05) is 29.3 Å². The molecule has 2 heterocycles. The van der Waals surface area contributed by atoms with E-state index in [1.807, 2.05) is 0 Å². The predicted octanol–water partition coefficient (Wildman–Crippen LogP) is 4.26. The molecule has 41 heavy (non-hydrogen) atoms. The number of ether oxygens (including phenoxy) is 1. The number of likely N-dealkylation sites (tertiary alicyclic amines) is 1. The number of carbonyl (C=O) groups excluding carboxylic acids is 2. The average Bonchev–Trinajstić information content (AvgIpc) is 3.37. The van der Waals surface area contributed by atoms with Crippen molar-refractivity contribution in [3.8, 4) is 5.75 Å². The van der Waals surface area contributed by atoms with Gasteiger partial charge in [-0.3, -0.25) is 4.79 Å². The first-order valence-electron chi connectivity index (χ1n) is 12.6. The Hall–Kier alpha value is -2.74. The lowest BCUT2D eigenvalue weighted by Gasteiger charge is -2.35. The molecule has 2 atom stereocenters. The minimum absolute atomic E-state index is 0.0978. The second-order valence-corrected chi connectivity index (χ2v) is 12.8. The molecule has 0 saturated carbocycles. The van der Waals surface area contributed by atoms with Crippen LogP contribution in [-0.4, -0.2) is 105 Å². The Labute approximate surface area is 246 Å². The summed E-state index contributed by atoms with van der Waals surface area (Å²) in [6.07, 6.45) is -3.62. The fourth-order valence-electron chi connectivity index (χ4n) is 5.23. The lowest BCUT2D eigenvalue weighted by atomic mass is 9.93. The maximum Gasteiger partial charge on any atom is 0.419 e. The molecule has 0 radical (unpaired) electrons. The molecule has 2 aliphatic rings. The fraction of sp³-hybridized carbons (Fsp3) is 0.462. The number of carbonyl (C=O) groups is 2. The minimum atomic E-state index is -4.74. The van der Waals surface area contributed by atoms with Gasteiger partial charge in [-0.2, -0.15) is 17.5 Å². The van der Waals surface area contributed by atoms with Gasteiger partial charge in [0.05, 0.1) is 35.0 Å². The summed E-state index contributed by atoms with van der Waals surface area (Å²) in [7, 11) is -0.787. The van der Waals surface area contributed by atoms with Crippen LogP contribution in [0.1, 0.15) is 27.4 Å². The number of benzene rings is 2. The van der Waals surface area contributed by atoms with E-state index in [1.165, 1.54) is 22.3 Å². The van der Waals surface area contributed by atoms with Gasteiger partial charge in [-0.15, -0.1) is 0 Å². The third-order valence-corrected chi connectivity index (χ3v) is 9.52. The first-order chi connectivity index (χ1) is 19.1. The highest BCUT2D eigenvalue weighted by atomic mass is 35.5. The summed E-state index contributed by atoms with van der Waals surface area (Å²) in [6, 6.07) is 7.16. The molecule has 3 amide bonds. The van der Waals surface area contributed by atoms with Gasteiger partial charge in [-0.25, -0.2) is 13.2 Å². The Balaban J connectivity index is 1.61. The number of amides is 3. The van der Waals surface area contributed by atoms with Gasteiger partial charge in [0.15, 0.2) is 0 Å². The molecule has 9 nitrogen and oxygen atoms in total. The summed E-state index contributed by atoms with van der Waals surface area (Å²) in [5.41, 5.74) is -0.557. The monoisotopic (exact) mass is 636 g/mol. The molecule has 4 rings (SSSR count). The number of halogens is 5. The Morgan fingerprint density at radius 2 is 1.63 bits per heavy atom. The molecule has 1 unspecified atom stereocenters. The van der Waals surface area contributed by atoms with E-state index in [2.05, 4.69) is 0 Å². The van der Waals surface area contributed by atoms with Gasteiger partial charge < -0.3 is 19.4 Å². The van der Waals surface area contributed by atoms with Crippen molar-refractivity contribution in [2.24, 2.45) is 0 Å². The number of sulfonamides is 1. The zero-order chi connectivity index (χ0) is 30.3. The number of hydrogen-bond acceptors (Lipinski definition) is 5. The molecule has 2 aliphatic heterocycles. The highest BCUT2D eigenvalue weighted by Crippen LogP contribution is 2.38. The number of likely N-dealkylation sites (N-methyl/N-ethyl adjacent to an activating group) is 1. The topological polar surface area (TPSA) is 90.5 Å². The van der Waals surface area contributed by atoms with Crippen LogP contribution in [0.4, 0.5) is 18.0 Å². The van der Waals surface area contributed by atoms with Gasteiger partial charge in [0.1, 0.15) is 5.75 Å². The van der Waals surface area contributed by atoms with Crippen LogP contribution in [0.2, 0.25) is 10.0 Å². The van der Waals surface area contributed by atoms with E-state index in [0.717, 1.165) is 25.5 Å². The number of piperazine rings is 1. The van der Waals surface area contributed by atoms with Crippen LogP contribution < -0.4 is 4.74 Å². The Kier molecular flexibility index (Phi) is 9.03. The fourth-order valence-corrected chi connectivity index (χ4v) is 6.37. The second kappa shape index (κ2) is 11.9. The van der Waals surface area contributed by atoms with Gasteiger partial charge in [-0.05, 0) is 35.9 Å². The molecule has 15 heteroatoms. The molecule has 0 N–H and O–H groups in total. The SMILES string of the molecule is COc1ccc(C(=O)N(C)[C@@H]2CN(C(=O)N3CCN(S(C)(=O)=O)CC3)CC2c2ccc(Cl)c(Cl)c2)cc1C(F)(F)F. The second-order valence-electron chi connectivity index (χ2n) is 10.0. The van der Waals surface area contributed by atoms with E-state index < -0.39 is 45.4 Å². The largest absolute Gasteiger partial charge is 0.496 e. The standard InChI is InChI=1S/C26H29Cl2F3N4O5S/c1-32(24(36)17-5-7-23(40-2)19(12-17)26(29,30)31)22-15-34(14-18(22)16-4-6-20(27)21(28)13-16)25(37)33-8-10-35(11-9-33)41(3,38)39/h4-7,12-13,18,22H,8-11,14-15H2,1-3H3/t18?,22-/m1/s1. The van der Waals surface area contributed by atoms with E-state index in [9.17, 15) is 31.2 Å². The average molecular weight is 638 g/mol. The van der Waals surface area contributed by atoms with Gasteiger partial charge >= 0.3 is 12.2 Å². The van der Waals surface area contributed by atoms with Crippen molar-refractivity contribution in [3.05, 3.63) is 63.1 Å². The molecule has 2 fully saturated rings. The smallest absolute Gasteiger partial charge is 0.419 e. The van der Waals surface area contributed by atoms with E-state index >= 15 is 0 Å². The summed E-state index contributed by atoms with van der Waals surface area (Å²) >= 11 is 12.4. The maximum absolute atomic E-state index is 13.6. The normalized spacial score (nSPS) is 20.3. The molecule has 0 aliphatic carbocycles. The van der Waals surface area contributed by atoms with Crippen LogP contribution in [0, 0.1) is 0 Å². The Morgan fingerprint density at radius 1 is 0.976 bits per heavy atom. The number of urea groups is 1. The Bertz CT molecular complexity index is 1430. The van der Waals surface area contributed by atoms with Crippen LogP contribution in [0.5, 0.6) is 5.75 Å². The van der Waals surface area contributed by atoms with Crippen LogP contribution >= 0.6 is 23.2 Å². The zero-order valence-corrected chi connectivity index (χ0v) is 24.8. The van der Waals surface area contributed by atoms with Crippen molar-refractivity contribution < 1.29 is 35.9 Å². The van der Waals surface area contributed by atoms with Crippen molar-refractivity contribution in [3.63, 3.8) is 0 Å². The van der Waals surface area contributed by atoms with Crippen molar-refractivity contribution in [2.75, 3.05) is 59.7 Å². The van der Waals surface area contributed by atoms with Crippen LogP contribution in [-0.2, 0) is 16.2 Å². The molecule has 0 bridgehead atoms. The number of alkyl halides is 3. The first-order valence-corrected chi connectivity index (χ1v) is 15.2. The van der Waals surface area contributed by atoms with E-state index in [-0.39, 0.29) is 55.9 Å². The van der Waals surface area contributed by atoms with Crippen LogP contribution in [0.25, 0.3) is 0 Å². The van der Waals surface area contributed by atoms with Crippen LogP contribution in [0.3, 0.4) is 0 Å². The highest BCUT2D eigenvalue weighted by Gasteiger charge is 2.43. The lowest BCUT2D eigenvalue weighted by molar-refractivity contribution is -0.138.